The number of hydrogen-bond donors (Lipinski definition) is 0. The van der Waals surface area contributed by atoms with E-state index in [0.29, 0.717) is 5.92 Å². The molecule has 1 aromatic rings. The predicted molar refractivity (Wildman–Crippen MR) is 82.2 cm³/mol. The summed E-state index contributed by atoms with van der Waals surface area (Å²) in [5.74, 6) is 0.546. The maximum Gasteiger partial charge on any atom is 0.0897 e. The van der Waals surface area contributed by atoms with Crippen molar-refractivity contribution in [2.45, 2.75) is 46.5 Å². The molecular weight excluding hydrogens is 238 g/mol. The van der Waals surface area contributed by atoms with Crippen LogP contribution in [0.15, 0.2) is 41.3 Å². The standard InChI is InChI=1S/C16H23NS/c1-6-12(2)13(3)9-7-8-10-14(4)16-11-18-15(5)17-16/h6-7,9,11,14H,1,8,10H2,2-5H3/b9-7-,13-12-. The molecule has 0 aliphatic heterocycles. The lowest BCUT2D eigenvalue weighted by atomic mass is 10.0. The lowest BCUT2D eigenvalue weighted by Gasteiger charge is -2.05. The van der Waals surface area contributed by atoms with Gasteiger partial charge in [0, 0.05) is 5.38 Å². The Morgan fingerprint density at radius 3 is 2.72 bits per heavy atom. The van der Waals surface area contributed by atoms with Crippen LogP contribution in [0.25, 0.3) is 0 Å². The molecule has 0 fully saturated rings. The Labute approximate surface area is 115 Å². The second-order valence-electron chi connectivity index (χ2n) is 4.74. The Hall–Kier alpha value is -1.15. The highest BCUT2D eigenvalue weighted by atomic mass is 32.1. The van der Waals surface area contributed by atoms with Gasteiger partial charge in [-0.05, 0) is 50.7 Å². The van der Waals surface area contributed by atoms with Gasteiger partial charge in [0.25, 0.3) is 0 Å². The molecule has 0 saturated carbocycles. The van der Waals surface area contributed by atoms with Gasteiger partial charge in [0.15, 0.2) is 0 Å². The Balaban J connectivity index is 2.43. The van der Waals surface area contributed by atoms with Gasteiger partial charge in [0.05, 0.1) is 10.7 Å². The molecule has 0 aromatic carbocycles. The van der Waals surface area contributed by atoms with Crippen LogP contribution in [0.2, 0.25) is 0 Å². The zero-order valence-electron chi connectivity index (χ0n) is 11.9. The number of nitrogens with zero attached hydrogens (tertiary/aromatic N) is 1. The molecule has 0 N–H and O–H groups in total. The fourth-order valence-electron chi connectivity index (χ4n) is 1.65. The largest absolute Gasteiger partial charge is 0.246 e. The second-order valence-corrected chi connectivity index (χ2v) is 5.80. The van der Waals surface area contributed by atoms with Crippen molar-refractivity contribution in [2.24, 2.45) is 0 Å². The summed E-state index contributed by atoms with van der Waals surface area (Å²) in [5, 5.41) is 3.34. The summed E-state index contributed by atoms with van der Waals surface area (Å²) in [6.45, 7) is 12.3. The fourth-order valence-corrected chi connectivity index (χ4v) is 2.39. The highest BCUT2D eigenvalue weighted by Gasteiger charge is 2.07. The van der Waals surface area contributed by atoms with Crippen LogP contribution in [-0.2, 0) is 0 Å². The monoisotopic (exact) mass is 261 g/mol. The van der Waals surface area contributed by atoms with Crippen molar-refractivity contribution < 1.29 is 0 Å². The summed E-state index contributed by atoms with van der Waals surface area (Å²) in [6, 6.07) is 0. The zero-order valence-corrected chi connectivity index (χ0v) is 12.7. The maximum absolute atomic E-state index is 4.54. The third-order valence-corrected chi connectivity index (χ3v) is 4.00. The van der Waals surface area contributed by atoms with Gasteiger partial charge < -0.3 is 0 Å². The third kappa shape index (κ3) is 4.61. The Bertz CT molecular complexity index is 451. The average Bonchev–Trinajstić information content (AvgIpc) is 2.79. The van der Waals surface area contributed by atoms with Gasteiger partial charge in [0.1, 0.15) is 0 Å². The van der Waals surface area contributed by atoms with Crippen molar-refractivity contribution in [1.29, 1.82) is 0 Å². The molecule has 1 aromatic heterocycles. The normalized spacial score (nSPS) is 14.7. The summed E-state index contributed by atoms with van der Waals surface area (Å²) in [6.07, 6.45) is 8.59. The number of allylic oxidation sites excluding steroid dienone is 5. The minimum atomic E-state index is 0.546. The fraction of sp³-hybridized carbons (Fsp3) is 0.438. The maximum atomic E-state index is 4.54. The first-order chi connectivity index (χ1) is 8.54. The first kappa shape index (κ1) is 14.9. The van der Waals surface area contributed by atoms with Gasteiger partial charge in [-0.25, -0.2) is 4.98 Å². The van der Waals surface area contributed by atoms with E-state index in [2.05, 4.69) is 56.8 Å². The highest BCUT2D eigenvalue weighted by molar-refractivity contribution is 7.09. The van der Waals surface area contributed by atoms with Gasteiger partial charge in [-0.1, -0.05) is 31.7 Å². The minimum Gasteiger partial charge on any atom is -0.246 e. The summed E-state index contributed by atoms with van der Waals surface area (Å²) in [5.41, 5.74) is 3.78. The van der Waals surface area contributed by atoms with E-state index in [1.54, 1.807) is 11.3 Å². The molecule has 1 atom stereocenters. The van der Waals surface area contributed by atoms with Gasteiger partial charge in [0.2, 0.25) is 0 Å². The first-order valence-electron chi connectivity index (χ1n) is 6.43. The van der Waals surface area contributed by atoms with Crippen LogP contribution in [0, 0.1) is 6.92 Å². The van der Waals surface area contributed by atoms with Crippen molar-refractivity contribution in [3.8, 4) is 0 Å². The SMILES string of the molecule is C=C/C(C)=C(C)\C=C/CCC(C)c1csc(C)n1. The molecule has 1 heterocycles. The lowest BCUT2D eigenvalue weighted by Crippen LogP contribution is -1.93. The molecule has 98 valence electrons. The molecule has 0 amide bonds. The van der Waals surface area contributed by atoms with Crippen molar-refractivity contribution in [1.82, 2.24) is 4.98 Å². The van der Waals surface area contributed by atoms with Crippen molar-refractivity contribution in [2.75, 3.05) is 0 Å². The number of hydrogen-bond acceptors (Lipinski definition) is 2. The summed E-state index contributed by atoms with van der Waals surface area (Å²) in [7, 11) is 0. The van der Waals surface area contributed by atoms with E-state index in [1.807, 2.05) is 6.08 Å². The Morgan fingerprint density at radius 2 is 2.17 bits per heavy atom. The van der Waals surface area contributed by atoms with Gasteiger partial charge >= 0.3 is 0 Å². The molecule has 0 aliphatic rings. The van der Waals surface area contributed by atoms with E-state index in [4.69, 9.17) is 0 Å². The Morgan fingerprint density at radius 1 is 1.44 bits per heavy atom. The molecule has 0 spiro atoms. The van der Waals surface area contributed by atoms with E-state index in [9.17, 15) is 0 Å². The zero-order chi connectivity index (χ0) is 13.5. The smallest absolute Gasteiger partial charge is 0.0897 e. The average molecular weight is 261 g/mol. The number of rotatable bonds is 6. The first-order valence-corrected chi connectivity index (χ1v) is 7.31. The van der Waals surface area contributed by atoms with E-state index in [0.717, 1.165) is 17.8 Å². The molecule has 1 nitrogen and oxygen atoms in total. The van der Waals surface area contributed by atoms with Crippen LogP contribution in [0.1, 0.15) is 50.2 Å². The highest BCUT2D eigenvalue weighted by Crippen LogP contribution is 2.22. The molecule has 0 aliphatic carbocycles. The topological polar surface area (TPSA) is 12.9 Å². The molecule has 1 rings (SSSR count). The number of aromatic nitrogens is 1. The summed E-state index contributed by atoms with van der Waals surface area (Å²) in [4.78, 5) is 4.54. The lowest BCUT2D eigenvalue weighted by molar-refractivity contribution is 0.673. The van der Waals surface area contributed by atoms with E-state index < -0.39 is 0 Å². The van der Waals surface area contributed by atoms with Gasteiger partial charge in [-0.15, -0.1) is 11.3 Å². The van der Waals surface area contributed by atoms with Crippen LogP contribution in [0.5, 0.6) is 0 Å². The summed E-state index contributed by atoms with van der Waals surface area (Å²) >= 11 is 1.74. The molecule has 2 heteroatoms. The van der Waals surface area contributed by atoms with Crippen LogP contribution in [0.3, 0.4) is 0 Å². The van der Waals surface area contributed by atoms with Gasteiger partial charge in [-0.2, -0.15) is 0 Å². The molecule has 18 heavy (non-hydrogen) atoms. The predicted octanol–water partition coefficient (Wildman–Crippen LogP) is 5.41. The van der Waals surface area contributed by atoms with Crippen LogP contribution in [0.4, 0.5) is 0 Å². The molecule has 1 unspecified atom stereocenters. The minimum absolute atomic E-state index is 0.546. The van der Waals surface area contributed by atoms with E-state index >= 15 is 0 Å². The molecule has 0 saturated heterocycles. The van der Waals surface area contributed by atoms with Gasteiger partial charge in [-0.3, -0.25) is 0 Å². The van der Waals surface area contributed by atoms with Crippen molar-refractivity contribution >= 4 is 11.3 Å². The Kier molecular flexibility index (Phi) is 6.06. The number of aryl methyl sites for hydroxylation is 1. The quantitative estimate of drug-likeness (QED) is 0.624. The molecule has 0 bridgehead atoms. The van der Waals surface area contributed by atoms with Crippen LogP contribution < -0.4 is 0 Å². The third-order valence-electron chi connectivity index (χ3n) is 3.20. The number of thiazole rings is 1. The van der Waals surface area contributed by atoms with Crippen LogP contribution in [-0.4, -0.2) is 4.98 Å². The molecule has 0 radical (unpaired) electrons. The van der Waals surface area contributed by atoms with Crippen molar-refractivity contribution in [3.63, 3.8) is 0 Å². The molecular formula is C16H23NS. The van der Waals surface area contributed by atoms with E-state index in [-0.39, 0.29) is 0 Å². The van der Waals surface area contributed by atoms with Crippen LogP contribution >= 0.6 is 11.3 Å². The van der Waals surface area contributed by atoms with E-state index in [1.165, 1.54) is 16.8 Å². The second kappa shape index (κ2) is 7.32. The van der Waals surface area contributed by atoms with Crippen molar-refractivity contribution in [3.05, 3.63) is 52.0 Å². The summed E-state index contributed by atoms with van der Waals surface area (Å²) < 4.78 is 0.